The van der Waals surface area contributed by atoms with E-state index in [0.29, 0.717) is 13.1 Å². The van der Waals surface area contributed by atoms with Gasteiger partial charge in [0.25, 0.3) is 0 Å². The van der Waals surface area contributed by atoms with Crippen molar-refractivity contribution >= 4 is 5.91 Å². The van der Waals surface area contributed by atoms with Crippen LogP contribution in [0.3, 0.4) is 0 Å². The maximum Gasteiger partial charge on any atom is 0.239 e. The van der Waals surface area contributed by atoms with Crippen LogP contribution >= 0.6 is 0 Å². The highest BCUT2D eigenvalue weighted by atomic mass is 16.3. The summed E-state index contributed by atoms with van der Waals surface area (Å²) in [5.74, 6) is 0.0127. The molecule has 2 atom stereocenters. The number of carbonyl (C=O) groups excluding carboxylic acids is 1. The van der Waals surface area contributed by atoms with E-state index in [1.165, 1.54) is 6.92 Å². The van der Waals surface area contributed by atoms with Crippen molar-refractivity contribution in [1.29, 1.82) is 0 Å². The molecule has 0 fully saturated rings. The first kappa shape index (κ1) is 15.3. The fraction of sp³-hybridized carbons (Fsp3) is 0.909. The number of hydrogen-bond donors (Lipinski definition) is 3. The number of aliphatic hydroxyl groups is 2. The second-order valence-corrected chi connectivity index (χ2v) is 4.27. The van der Waals surface area contributed by atoms with E-state index in [1.807, 2.05) is 13.8 Å². The second-order valence-electron chi connectivity index (χ2n) is 4.27. The lowest BCUT2D eigenvalue weighted by Crippen LogP contribution is -2.50. The first-order valence-electron chi connectivity index (χ1n) is 5.73. The van der Waals surface area contributed by atoms with Crippen molar-refractivity contribution < 1.29 is 15.0 Å². The Bertz CT molecular complexity index is 215. The van der Waals surface area contributed by atoms with E-state index in [2.05, 4.69) is 5.32 Å². The van der Waals surface area contributed by atoms with Gasteiger partial charge in [-0.25, -0.2) is 0 Å². The van der Waals surface area contributed by atoms with E-state index in [9.17, 15) is 9.90 Å². The summed E-state index contributed by atoms with van der Waals surface area (Å²) in [4.78, 5) is 13.6. The average molecular weight is 232 g/mol. The van der Waals surface area contributed by atoms with Crippen molar-refractivity contribution in [2.45, 2.75) is 39.3 Å². The van der Waals surface area contributed by atoms with Gasteiger partial charge in [-0.2, -0.15) is 0 Å². The minimum absolute atomic E-state index is 0.0127. The van der Waals surface area contributed by atoms with Gasteiger partial charge in [-0.05, 0) is 27.7 Å². The van der Waals surface area contributed by atoms with E-state index in [4.69, 9.17) is 5.11 Å². The van der Waals surface area contributed by atoms with Crippen LogP contribution in [0.1, 0.15) is 27.7 Å². The van der Waals surface area contributed by atoms with E-state index in [-0.39, 0.29) is 25.1 Å². The summed E-state index contributed by atoms with van der Waals surface area (Å²) >= 11 is 0. The molecule has 0 heterocycles. The minimum Gasteiger partial charge on any atom is -0.393 e. The Morgan fingerprint density at radius 1 is 1.44 bits per heavy atom. The molecule has 16 heavy (non-hydrogen) atoms. The molecular weight excluding hydrogens is 208 g/mol. The van der Waals surface area contributed by atoms with E-state index < -0.39 is 5.60 Å². The quantitative estimate of drug-likeness (QED) is 0.557. The molecule has 96 valence electrons. The lowest BCUT2D eigenvalue weighted by atomic mass is 10.1. The Kier molecular flexibility index (Phi) is 6.55. The summed E-state index contributed by atoms with van der Waals surface area (Å²) in [7, 11) is 0. The number of nitrogens with zero attached hydrogens (tertiary/aromatic N) is 1. The molecule has 0 saturated heterocycles. The third-order valence-electron chi connectivity index (χ3n) is 2.58. The standard InChI is InChI=1S/C11H24N2O3/c1-5-13(6-2)10(15)9(3)12-7-11(4,16)8-14/h9,12,14,16H,5-8H2,1-4H3. The van der Waals surface area contributed by atoms with Gasteiger partial charge < -0.3 is 20.4 Å². The third-order valence-corrected chi connectivity index (χ3v) is 2.58. The molecule has 0 spiro atoms. The van der Waals surface area contributed by atoms with Crippen LogP contribution in [0.25, 0.3) is 0 Å². The van der Waals surface area contributed by atoms with Crippen LogP contribution in [0.4, 0.5) is 0 Å². The largest absolute Gasteiger partial charge is 0.393 e. The number of aliphatic hydroxyl groups excluding tert-OH is 1. The van der Waals surface area contributed by atoms with Crippen LogP contribution in [-0.4, -0.2) is 58.9 Å². The first-order chi connectivity index (χ1) is 7.37. The minimum atomic E-state index is -1.18. The Balaban J connectivity index is 4.15. The molecule has 2 unspecified atom stereocenters. The molecule has 0 aliphatic carbocycles. The molecule has 0 aliphatic heterocycles. The molecule has 0 aromatic heterocycles. The second kappa shape index (κ2) is 6.83. The van der Waals surface area contributed by atoms with Gasteiger partial charge in [0.15, 0.2) is 0 Å². The zero-order valence-corrected chi connectivity index (χ0v) is 10.7. The maximum absolute atomic E-state index is 11.8. The molecule has 0 aliphatic rings. The number of amides is 1. The van der Waals surface area contributed by atoms with Gasteiger partial charge in [0, 0.05) is 19.6 Å². The Morgan fingerprint density at radius 3 is 2.31 bits per heavy atom. The molecule has 1 amide bonds. The van der Waals surface area contributed by atoms with Crippen molar-refractivity contribution in [3.8, 4) is 0 Å². The van der Waals surface area contributed by atoms with Gasteiger partial charge in [-0.3, -0.25) is 4.79 Å². The molecule has 5 nitrogen and oxygen atoms in total. The SMILES string of the molecule is CCN(CC)C(=O)C(C)NCC(C)(O)CO. The van der Waals surface area contributed by atoms with Gasteiger partial charge in [0.1, 0.15) is 0 Å². The molecule has 0 saturated carbocycles. The molecule has 5 heteroatoms. The number of rotatable bonds is 7. The zero-order valence-electron chi connectivity index (χ0n) is 10.7. The van der Waals surface area contributed by atoms with Gasteiger partial charge in [0.05, 0.1) is 18.2 Å². The van der Waals surface area contributed by atoms with Crippen molar-refractivity contribution in [2.75, 3.05) is 26.2 Å². The Morgan fingerprint density at radius 2 is 1.94 bits per heavy atom. The predicted octanol–water partition coefficient (Wildman–Crippen LogP) is -0.424. The number of nitrogens with one attached hydrogen (secondary N) is 1. The first-order valence-corrected chi connectivity index (χ1v) is 5.73. The van der Waals surface area contributed by atoms with Crippen molar-refractivity contribution in [2.24, 2.45) is 0 Å². The topological polar surface area (TPSA) is 72.8 Å². The lowest BCUT2D eigenvalue weighted by Gasteiger charge is -2.27. The zero-order chi connectivity index (χ0) is 12.8. The van der Waals surface area contributed by atoms with Gasteiger partial charge >= 0.3 is 0 Å². The lowest BCUT2D eigenvalue weighted by molar-refractivity contribution is -0.133. The van der Waals surface area contributed by atoms with Crippen LogP contribution in [0.15, 0.2) is 0 Å². The highest BCUT2D eigenvalue weighted by molar-refractivity contribution is 5.81. The molecule has 0 aromatic rings. The van der Waals surface area contributed by atoms with Crippen LogP contribution in [0.2, 0.25) is 0 Å². The van der Waals surface area contributed by atoms with Crippen LogP contribution in [0.5, 0.6) is 0 Å². The Hall–Kier alpha value is -0.650. The predicted molar refractivity (Wildman–Crippen MR) is 63.1 cm³/mol. The van der Waals surface area contributed by atoms with Gasteiger partial charge in [-0.1, -0.05) is 0 Å². The van der Waals surface area contributed by atoms with E-state index in [1.54, 1.807) is 11.8 Å². The fourth-order valence-electron chi connectivity index (χ4n) is 1.33. The van der Waals surface area contributed by atoms with Crippen LogP contribution in [0, 0.1) is 0 Å². The summed E-state index contributed by atoms with van der Waals surface area (Å²) in [6, 6.07) is -0.349. The number of hydrogen-bond acceptors (Lipinski definition) is 4. The summed E-state index contributed by atoms with van der Waals surface area (Å²) in [6.07, 6.45) is 0. The maximum atomic E-state index is 11.8. The Labute approximate surface area is 97.4 Å². The normalized spacial score (nSPS) is 16.6. The van der Waals surface area contributed by atoms with E-state index in [0.717, 1.165) is 0 Å². The number of likely N-dealkylation sites (N-methyl/N-ethyl adjacent to an activating group) is 1. The highest BCUT2D eigenvalue weighted by Gasteiger charge is 2.23. The summed E-state index contributed by atoms with van der Waals surface area (Å²) in [6.45, 7) is 8.36. The summed E-state index contributed by atoms with van der Waals surface area (Å²) < 4.78 is 0. The fourth-order valence-corrected chi connectivity index (χ4v) is 1.33. The highest BCUT2D eigenvalue weighted by Crippen LogP contribution is 2.01. The van der Waals surface area contributed by atoms with Gasteiger partial charge in [0.2, 0.25) is 5.91 Å². The van der Waals surface area contributed by atoms with Crippen LogP contribution in [-0.2, 0) is 4.79 Å². The van der Waals surface area contributed by atoms with Crippen molar-refractivity contribution in [1.82, 2.24) is 10.2 Å². The monoisotopic (exact) mass is 232 g/mol. The summed E-state index contributed by atoms with van der Waals surface area (Å²) in [5, 5.41) is 21.4. The summed E-state index contributed by atoms with van der Waals surface area (Å²) in [5.41, 5.74) is -1.18. The molecule has 0 rings (SSSR count). The molecule has 0 aromatic carbocycles. The van der Waals surface area contributed by atoms with Crippen LogP contribution < -0.4 is 5.32 Å². The van der Waals surface area contributed by atoms with Gasteiger partial charge in [-0.15, -0.1) is 0 Å². The molecule has 0 bridgehead atoms. The van der Waals surface area contributed by atoms with Crippen molar-refractivity contribution in [3.63, 3.8) is 0 Å². The van der Waals surface area contributed by atoms with E-state index >= 15 is 0 Å². The molecule has 3 N–H and O–H groups in total. The number of carbonyl (C=O) groups is 1. The smallest absolute Gasteiger partial charge is 0.239 e. The average Bonchev–Trinajstić information content (AvgIpc) is 2.27. The molecular formula is C11H24N2O3. The third kappa shape index (κ3) is 4.92. The molecule has 0 radical (unpaired) electrons. The van der Waals surface area contributed by atoms with Crippen molar-refractivity contribution in [3.05, 3.63) is 0 Å².